The Hall–Kier alpha value is -0.240. The number of sulfonamides is 1. The third-order valence-corrected chi connectivity index (χ3v) is 5.97. The van der Waals surface area contributed by atoms with Gasteiger partial charge in [-0.2, -0.15) is 11.8 Å². The molecule has 0 spiro atoms. The van der Waals surface area contributed by atoms with Crippen molar-refractivity contribution in [1.29, 1.82) is 0 Å². The maximum Gasteiger partial charge on any atom is 0.241 e. The van der Waals surface area contributed by atoms with Crippen LogP contribution in [0, 0.1) is 0 Å². The van der Waals surface area contributed by atoms with Crippen LogP contribution in [0.25, 0.3) is 0 Å². The Labute approximate surface area is 121 Å². The Balaban J connectivity index is 2.74. The second-order valence-electron chi connectivity index (χ2n) is 3.92. The van der Waals surface area contributed by atoms with E-state index in [4.69, 9.17) is 5.73 Å². The maximum absolute atomic E-state index is 12.0. The first kappa shape index (κ1) is 15.8. The molecular weight excluding hydrogens is 336 g/mol. The van der Waals surface area contributed by atoms with Gasteiger partial charge in [0.15, 0.2) is 0 Å². The Bertz CT molecular complexity index is 506. The van der Waals surface area contributed by atoms with Crippen molar-refractivity contribution in [2.24, 2.45) is 0 Å². The first-order chi connectivity index (χ1) is 8.36. The number of hydrogen-bond donors (Lipinski definition) is 2. The molecular formula is C11H17BrN2O2S2. The van der Waals surface area contributed by atoms with Gasteiger partial charge in [-0.25, -0.2) is 13.1 Å². The molecule has 1 unspecified atom stereocenters. The lowest BCUT2D eigenvalue weighted by Crippen LogP contribution is -2.26. The van der Waals surface area contributed by atoms with E-state index in [0.29, 0.717) is 22.0 Å². The van der Waals surface area contributed by atoms with Crippen LogP contribution in [0.4, 0.5) is 5.69 Å². The molecule has 4 nitrogen and oxygen atoms in total. The first-order valence-corrected chi connectivity index (χ1v) is 9.00. The minimum Gasteiger partial charge on any atom is -0.399 e. The van der Waals surface area contributed by atoms with Crippen LogP contribution in [0.2, 0.25) is 0 Å². The van der Waals surface area contributed by atoms with Crippen LogP contribution in [0.3, 0.4) is 0 Å². The quantitative estimate of drug-likeness (QED) is 0.771. The third kappa shape index (κ3) is 4.46. The van der Waals surface area contributed by atoms with Gasteiger partial charge < -0.3 is 5.73 Å². The molecule has 1 rings (SSSR count). The fourth-order valence-corrected chi connectivity index (χ4v) is 3.82. The molecule has 0 radical (unpaired) electrons. The number of nitrogens with two attached hydrogens (primary N) is 1. The van der Waals surface area contributed by atoms with Gasteiger partial charge in [-0.05, 0) is 46.8 Å². The van der Waals surface area contributed by atoms with Gasteiger partial charge in [0.25, 0.3) is 0 Å². The highest BCUT2D eigenvalue weighted by Crippen LogP contribution is 2.24. The van der Waals surface area contributed by atoms with Crippen molar-refractivity contribution in [3.8, 4) is 0 Å². The maximum atomic E-state index is 12.0. The highest BCUT2D eigenvalue weighted by molar-refractivity contribution is 9.10. The summed E-state index contributed by atoms with van der Waals surface area (Å²) in [6.07, 6.45) is 2.81. The zero-order chi connectivity index (χ0) is 13.8. The minimum atomic E-state index is -3.47. The molecule has 102 valence electrons. The highest BCUT2D eigenvalue weighted by Gasteiger charge is 2.17. The normalized spacial score (nSPS) is 13.5. The monoisotopic (exact) mass is 352 g/mol. The summed E-state index contributed by atoms with van der Waals surface area (Å²) >= 11 is 4.93. The third-order valence-electron chi connectivity index (χ3n) is 2.49. The number of thioether (sulfide) groups is 1. The van der Waals surface area contributed by atoms with E-state index in [9.17, 15) is 8.42 Å². The van der Waals surface area contributed by atoms with Crippen LogP contribution in [-0.4, -0.2) is 26.5 Å². The topological polar surface area (TPSA) is 72.2 Å². The summed E-state index contributed by atoms with van der Waals surface area (Å²) in [6.45, 7) is 2.50. The molecule has 0 fully saturated rings. The summed E-state index contributed by atoms with van der Waals surface area (Å²) < 4.78 is 27.2. The number of hydrogen-bond acceptors (Lipinski definition) is 4. The zero-order valence-electron chi connectivity index (χ0n) is 10.3. The summed E-state index contributed by atoms with van der Waals surface area (Å²) in [7, 11) is -3.47. The fraction of sp³-hybridized carbons (Fsp3) is 0.455. The lowest BCUT2D eigenvalue weighted by atomic mass is 10.3. The van der Waals surface area contributed by atoms with E-state index >= 15 is 0 Å². The van der Waals surface area contributed by atoms with E-state index < -0.39 is 10.0 Å². The second-order valence-corrected chi connectivity index (χ2v) is 7.79. The van der Waals surface area contributed by atoms with Gasteiger partial charge >= 0.3 is 0 Å². The standard InChI is InChI=1S/C11H17BrN2O2S2/c1-8(17-2)5-6-14-18(15,16)11-4-3-9(13)7-10(11)12/h3-4,7-8,14H,5-6,13H2,1-2H3. The fourth-order valence-electron chi connectivity index (χ4n) is 1.33. The van der Waals surface area contributed by atoms with Crippen LogP contribution in [0.1, 0.15) is 13.3 Å². The number of rotatable bonds is 6. The zero-order valence-corrected chi connectivity index (χ0v) is 13.5. The minimum absolute atomic E-state index is 0.216. The molecule has 1 aromatic rings. The molecule has 0 heterocycles. The van der Waals surface area contributed by atoms with E-state index in [0.717, 1.165) is 6.42 Å². The van der Waals surface area contributed by atoms with Gasteiger partial charge in [-0.1, -0.05) is 6.92 Å². The second kappa shape index (κ2) is 6.79. The van der Waals surface area contributed by atoms with E-state index in [1.54, 1.807) is 23.9 Å². The molecule has 0 aliphatic carbocycles. The summed E-state index contributed by atoms with van der Waals surface area (Å²) in [4.78, 5) is 0.216. The SMILES string of the molecule is CSC(C)CCNS(=O)(=O)c1ccc(N)cc1Br. The van der Waals surface area contributed by atoms with E-state index in [2.05, 4.69) is 27.6 Å². The average Bonchev–Trinajstić information content (AvgIpc) is 2.27. The largest absolute Gasteiger partial charge is 0.399 e. The van der Waals surface area contributed by atoms with Crippen molar-refractivity contribution in [2.45, 2.75) is 23.5 Å². The van der Waals surface area contributed by atoms with Crippen LogP contribution >= 0.6 is 27.7 Å². The van der Waals surface area contributed by atoms with Crippen molar-refractivity contribution >= 4 is 43.4 Å². The summed E-state index contributed by atoms with van der Waals surface area (Å²) in [5, 5.41) is 0.433. The smallest absolute Gasteiger partial charge is 0.241 e. The molecule has 0 aliphatic heterocycles. The summed E-state index contributed by atoms with van der Waals surface area (Å²) in [5.41, 5.74) is 6.11. The molecule has 7 heteroatoms. The van der Waals surface area contributed by atoms with Crippen molar-refractivity contribution in [3.05, 3.63) is 22.7 Å². The van der Waals surface area contributed by atoms with Crippen molar-refractivity contribution in [2.75, 3.05) is 18.5 Å². The van der Waals surface area contributed by atoms with E-state index in [1.807, 2.05) is 6.26 Å². The summed E-state index contributed by atoms with van der Waals surface area (Å²) in [5.74, 6) is 0. The average molecular weight is 353 g/mol. The molecule has 18 heavy (non-hydrogen) atoms. The van der Waals surface area contributed by atoms with Crippen molar-refractivity contribution in [3.63, 3.8) is 0 Å². The number of halogens is 1. The number of benzene rings is 1. The number of anilines is 1. The van der Waals surface area contributed by atoms with Gasteiger partial charge in [0.2, 0.25) is 10.0 Å². The summed E-state index contributed by atoms with van der Waals surface area (Å²) in [6, 6.07) is 4.66. The lowest BCUT2D eigenvalue weighted by Gasteiger charge is -2.11. The van der Waals surface area contributed by atoms with Crippen LogP contribution < -0.4 is 10.5 Å². The van der Waals surface area contributed by atoms with Crippen molar-refractivity contribution in [1.82, 2.24) is 4.72 Å². The molecule has 0 aliphatic rings. The first-order valence-electron chi connectivity index (χ1n) is 5.44. The van der Waals surface area contributed by atoms with Gasteiger partial charge in [0.1, 0.15) is 0 Å². The van der Waals surface area contributed by atoms with Gasteiger partial charge in [-0.3, -0.25) is 0 Å². The van der Waals surface area contributed by atoms with Gasteiger partial charge in [0, 0.05) is 22.0 Å². The Kier molecular flexibility index (Phi) is 5.97. The Morgan fingerprint density at radius 3 is 2.72 bits per heavy atom. The van der Waals surface area contributed by atoms with Crippen LogP contribution in [-0.2, 0) is 10.0 Å². The van der Waals surface area contributed by atoms with Gasteiger partial charge in [0.05, 0.1) is 4.90 Å². The predicted octanol–water partition coefficient (Wildman–Crippen LogP) is 2.45. The predicted molar refractivity (Wildman–Crippen MR) is 81.3 cm³/mol. The molecule has 1 aromatic carbocycles. The van der Waals surface area contributed by atoms with E-state index in [-0.39, 0.29) is 4.90 Å². The highest BCUT2D eigenvalue weighted by atomic mass is 79.9. The molecule has 1 atom stereocenters. The molecule has 0 aromatic heterocycles. The van der Waals surface area contributed by atoms with Crippen LogP contribution in [0.15, 0.2) is 27.6 Å². The number of nitrogen functional groups attached to an aromatic ring is 1. The van der Waals surface area contributed by atoms with E-state index in [1.165, 1.54) is 6.07 Å². The molecule has 0 saturated carbocycles. The molecule has 0 saturated heterocycles. The molecule has 0 bridgehead atoms. The molecule has 3 N–H and O–H groups in total. The van der Waals surface area contributed by atoms with Gasteiger partial charge in [-0.15, -0.1) is 0 Å². The van der Waals surface area contributed by atoms with Crippen LogP contribution in [0.5, 0.6) is 0 Å². The lowest BCUT2D eigenvalue weighted by molar-refractivity contribution is 0.578. The number of nitrogens with one attached hydrogen (secondary N) is 1. The van der Waals surface area contributed by atoms with Crippen molar-refractivity contribution < 1.29 is 8.42 Å². The Morgan fingerprint density at radius 2 is 2.17 bits per heavy atom. The molecule has 0 amide bonds. The Morgan fingerprint density at radius 1 is 1.50 bits per heavy atom.